The SMILES string of the molecule is O=C(O)[C@@H]1C=Cn2nccc2N1. The average molecular weight is 165 g/mol. The van der Waals surface area contributed by atoms with E-state index in [1.54, 1.807) is 29.2 Å². The molecule has 1 aliphatic heterocycles. The van der Waals surface area contributed by atoms with Gasteiger partial charge in [0.05, 0.1) is 6.20 Å². The van der Waals surface area contributed by atoms with E-state index in [1.807, 2.05) is 0 Å². The third-order valence-electron chi connectivity index (χ3n) is 1.66. The van der Waals surface area contributed by atoms with Gasteiger partial charge in [0, 0.05) is 12.3 Å². The number of hydrogen-bond acceptors (Lipinski definition) is 3. The van der Waals surface area contributed by atoms with E-state index in [2.05, 4.69) is 10.4 Å². The van der Waals surface area contributed by atoms with Gasteiger partial charge in [0.25, 0.3) is 0 Å². The second-order valence-corrected chi connectivity index (χ2v) is 2.46. The van der Waals surface area contributed by atoms with Crippen molar-refractivity contribution in [3.05, 3.63) is 18.3 Å². The summed E-state index contributed by atoms with van der Waals surface area (Å²) < 4.78 is 1.58. The molecule has 12 heavy (non-hydrogen) atoms. The van der Waals surface area contributed by atoms with Crippen LogP contribution in [0.15, 0.2) is 18.3 Å². The molecule has 1 aromatic heterocycles. The average Bonchev–Trinajstić information content (AvgIpc) is 2.49. The quantitative estimate of drug-likeness (QED) is 0.625. The van der Waals surface area contributed by atoms with Gasteiger partial charge in [-0.3, -0.25) is 0 Å². The molecule has 2 heterocycles. The molecule has 5 nitrogen and oxygen atoms in total. The summed E-state index contributed by atoms with van der Waals surface area (Å²) in [6, 6.07) is 1.08. The van der Waals surface area contributed by atoms with Crippen molar-refractivity contribution >= 4 is 18.0 Å². The van der Waals surface area contributed by atoms with Crippen molar-refractivity contribution in [2.45, 2.75) is 6.04 Å². The van der Waals surface area contributed by atoms with Crippen LogP contribution in [0, 0.1) is 0 Å². The first kappa shape index (κ1) is 6.90. The molecular formula is C7H7N3O2. The van der Waals surface area contributed by atoms with Crippen molar-refractivity contribution in [3.8, 4) is 0 Å². The van der Waals surface area contributed by atoms with Crippen LogP contribution >= 0.6 is 0 Å². The molecule has 0 radical (unpaired) electrons. The number of fused-ring (bicyclic) bond motifs is 1. The number of carboxylic acids is 1. The Morgan fingerprint density at radius 3 is 3.33 bits per heavy atom. The predicted octanol–water partition coefficient (Wildman–Crippen LogP) is 0.232. The first-order valence-corrected chi connectivity index (χ1v) is 3.48. The zero-order chi connectivity index (χ0) is 8.55. The highest BCUT2D eigenvalue weighted by Gasteiger charge is 2.18. The summed E-state index contributed by atoms with van der Waals surface area (Å²) in [4.78, 5) is 10.5. The van der Waals surface area contributed by atoms with Crippen LogP contribution in [0.2, 0.25) is 0 Å². The Balaban J connectivity index is 2.30. The van der Waals surface area contributed by atoms with Gasteiger partial charge in [-0.05, 0) is 6.08 Å². The van der Waals surface area contributed by atoms with Gasteiger partial charge in [-0.15, -0.1) is 0 Å². The van der Waals surface area contributed by atoms with Crippen molar-refractivity contribution < 1.29 is 9.90 Å². The lowest BCUT2D eigenvalue weighted by molar-refractivity contribution is -0.136. The zero-order valence-corrected chi connectivity index (χ0v) is 6.14. The molecule has 1 atom stereocenters. The van der Waals surface area contributed by atoms with E-state index in [-0.39, 0.29) is 0 Å². The van der Waals surface area contributed by atoms with Gasteiger partial charge in [-0.2, -0.15) is 5.10 Å². The van der Waals surface area contributed by atoms with Gasteiger partial charge >= 0.3 is 5.97 Å². The van der Waals surface area contributed by atoms with Crippen LogP contribution in [-0.2, 0) is 4.79 Å². The van der Waals surface area contributed by atoms with Crippen LogP contribution < -0.4 is 5.32 Å². The molecule has 5 heteroatoms. The third-order valence-corrected chi connectivity index (χ3v) is 1.66. The number of aliphatic carboxylic acids is 1. The van der Waals surface area contributed by atoms with Crippen molar-refractivity contribution in [1.82, 2.24) is 9.78 Å². The van der Waals surface area contributed by atoms with Crippen LogP contribution in [-0.4, -0.2) is 26.9 Å². The predicted molar refractivity (Wildman–Crippen MR) is 42.6 cm³/mol. The van der Waals surface area contributed by atoms with Crippen LogP contribution in [0.25, 0.3) is 6.20 Å². The zero-order valence-electron chi connectivity index (χ0n) is 6.14. The summed E-state index contributed by atoms with van der Waals surface area (Å²) in [5.41, 5.74) is 0. The third kappa shape index (κ3) is 0.952. The standard InChI is InChI=1S/C7H7N3O2/c11-7(12)5-2-4-10-6(9-5)1-3-8-10/h1-5,9H,(H,11,12)/t5-/m0/s1. The lowest BCUT2D eigenvalue weighted by Gasteiger charge is -2.16. The number of rotatable bonds is 1. The van der Waals surface area contributed by atoms with Crippen LogP contribution in [0.3, 0.4) is 0 Å². The van der Waals surface area contributed by atoms with Crippen LogP contribution in [0.1, 0.15) is 0 Å². The van der Waals surface area contributed by atoms with Crippen molar-refractivity contribution in [3.63, 3.8) is 0 Å². The van der Waals surface area contributed by atoms with Crippen molar-refractivity contribution in [1.29, 1.82) is 0 Å². The van der Waals surface area contributed by atoms with Crippen molar-refractivity contribution in [2.75, 3.05) is 5.32 Å². The lowest BCUT2D eigenvalue weighted by atomic mass is 10.2. The molecule has 0 fully saturated rings. The first-order valence-electron chi connectivity index (χ1n) is 3.48. The van der Waals surface area contributed by atoms with E-state index in [0.29, 0.717) is 5.82 Å². The Kier molecular flexibility index (Phi) is 1.36. The Hall–Kier alpha value is -1.78. The van der Waals surface area contributed by atoms with E-state index in [4.69, 9.17) is 5.11 Å². The summed E-state index contributed by atoms with van der Waals surface area (Å²) in [6.45, 7) is 0. The summed E-state index contributed by atoms with van der Waals surface area (Å²) in [5, 5.41) is 15.4. The summed E-state index contributed by atoms with van der Waals surface area (Å²) >= 11 is 0. The fourth-order valence-electron chi connectivity index (χ4n) is 1.07. The molecular weight excluding hydrogens is 158 g/mol. The molecule has 0 spiro atoms. The Morgan fingerprint density at radius 2 is 2.58 bits per heavy atom. The largest absolute Gasteiger partial charge is 0.479 e. The maximum atomic E-state index is 10.5. The minimum Gasteiger partial charge on any atom is -0.479 e. The van der Waals surface area contributed by atoms with Gasteiger partial charge in [0.15, 0.2) is 0 Å². The maximum absolute atomic E-state index is 10.5. The number of carboxylic acid groups (broad SMARTS) is 1. The molecule has 0 unspecified atom stereocenters. The van der Waals surface area contributed by atoms with E-state index in [9.17, 15) is 4.79 Å². The molecule has 2 N–H and O–H groups in total. The van der Waals surface area contributed by atoms with E-state index in [0.717, 1.165) is 0 Å². The molecule has 0 aromatic carbocycles. The van der Waals surface area contributed by atoms with Crippen LogP contribution in [0.4, 0.5) is 5.82 Å². The highest BCUT2D eigenvalue weighted by atomic mass is 16.4. The van der Waals surface area contributed by atoms with Gasteiger partial charge in [-0.25, -0.2) is 9.48 Å². The number of aromatic nitrogens is 2. The Bertz CT molecular complexity index is 342. The second kappa shape index (κ2) is 2.37. The molecule has 0 aliphatic carbocycles. The van der Waals surface area contributed by atoms with Gasteiger partial charge in [0.2, 0.25) is 0 Å². The van der Waals surface area contributed by atoms with E-state index in [1.165, 1.54) is 0 Å². The Morgan fingerprint density at radius 1 is 1.75 bits per heavy atom. The van der Waals surface area contributed by atoms with E-state index >= 15 is 0 Å². The lowest BCUT2D eigenvalue weighted by Crippen LogP contribution is -2.30. The van der Waals surface area contributed by atoms with Gasteiger partial charge in [0.1, 0.15) is 11.9 Å². The fraction of sp³-hybridized carbons (Fsp3) is 0.143. The fourth-order valence-corrected chi connectivity index (χ4v) is 1.07. The normalized spacial score (nSPS) is 19.8. The van der Waals surface area contributed by atoms with Crippen molar-refractivity contribution in [2.24, 2.45) is 0 Å². The highest BCUT2D eigenvalue weighted by molar-refractivity contribution is 5.81. The molecule has 0 bridgehead atoms. The number of carbonyl (C=O) groups is 1. The summed E-state index contributed by atoms with van der Waals surface area (Å²) in [7, 11) is 0. The molecule has 0 saturated carbocycles. The number of anilines is 1. The number of nitrogens with one attached hydrogen (secondary N) is 1. The van der Waals surface area contributed by atoms with E-state index < -0.39 is 12.0 Å². The first-order chi connectivity index (χ1) is 5.77. The molecule has 2 rings (SSSR count). The second-order valence-electron chi connectivity index (χ2n) is 2.46. The number of nitrogens with zero attached hydrogens (tertiary/aromatic N) is 2. The topological polar surface area (TPSA) is 67.1 Å². The smallest absolute Gasteiger partial charge is 0.330 e. The maximum Gasteiger partial charge on any atom is 0.330 e. The molecule has 1 aromatic rings. The van der Waals surface area contributed by atoms with Gasteiger partial charge in [-0.1, -0.05) is 0 Å². The van der Waals surface area contributed by atoms with Gasteiger partial charge < -0.3 is 10.4 Å². The Labute approximate surface area is 68.3 Å². The number of hydrogen-bond donors (Lipinski definition) is 2. The molecule has 0 saturated heterocycles. The minimum absolute atomic E-state index is 0.644. The summed E-state index contributed by atoms with van der Waals surface area (Å²) in [6.07, 6.45) is 4.78. The molecule has 1 aliphatic rings. The monoisotopic (exact) mass is 165 g/mol. The molecule has 0 amide bonds. The highest BCUT2D eigenvalue weighted by Crippen LogP contribution is 2.13. The molecule has 62 valence electrons. The summed E-state index contributed by atoms with van der Waals surface area (Å²) in [5.74, 6) is -0.191. The van der Waals surface area contributed by atoms with Crippen LogP contribution in [0.5, 0.6) is 0 Å². The minimum atomic E-state index is -0.890.